The van der Waals surface area contributed by atoms with Crippen molar-refractivity contribution in [1.29, 1.82) is 0 Å². The normalized spacial score (nSPS) is 19.9. The number of aromatic nitrogens is 1. The number of carbonyl (C=O) groups excluding carboxylic acids is 3. The minimum atomic E-state index is -5.78. The van der Waals surface area contributed by atoms with E-state index in [1.165, 1.54) is 36.7 Å². The smallest absolute Gasteiger partial charge is 0.267 e. The van der Waals surface area contributed by atoms with E-state index in [0.29, 0.717) is 34.7 Å². The molecule has 0 spiro atoms. The number of urea groups is 1. The second kappa shape index (κ2) is 10.6. The Hall–Kier alpha value is -4.31. The predicted molar refractivity (Wildman–Crippen MR) is 127 cm³/mol. The zero-order valence-corrected chi connectivity index (χ0v) is 21.3. The van der Waals surface area contributed by atoms with E-state index in [1.807, 2.05) is 0 Å². The maximum Gasteiger partial charge on any atom is 0.501 e. The molecule has 1 fully saturated rings. The van der Waals surface area contributed by atoms with Crippen LogP contribution in [-0.2, 0) is 37.2 Å². The molecule has 2 atom stereocenters. The summed E-state index contributed by atoms with van der Waals surface area (Å²) in [6.07, 6.45) is -3.45. The van der Waals surface area contributed by atoms with Crippen molar-refractivity contribution in [1.82, 2.24) is 4.98 Å². The van der Waals surface area contributed by atoms with Crippen LogP contribution in [0.4, 0.5) is 36.8 Å². The monoisotopic (exact) mass is 602 g/mol. The second-order valence-corrected chi connectivity index (χ2v) is 10.7. The van der Waals surface area contributed by atoms with Gasteiger partial charge in [0.05, 0.1) is 10.6 Å². The van der Waals surface area contributed by atoms with E-state index >= 15 is 0 Å². The fourth-order valence-corrected chi connectivity index (χ4v) is 4.98. The Labute approximate surface area is 228 Å². The molecule has 0 saturated carbocycles. The van der Waals surface area contributed by atoms with Gasteiger partial charge >= 0.3 is 29.6 Å². The van der Waals surface area contributed by atoms with Gasteiger partial charge in [0.1, 0.15) is 0 Å². The molecule has 0 radical (unpaired) electrons. The maximum atomic E-state index is 13.9. The molecule has 216 valence electrons. The van der Waals surface area contributed by atoms with Gasteiger partial charge in [-0.3, -0.25) is 14.6 Å². The number of carbonyl (C=O) groups is 3. The Kier molecular flexibility index (Phi) is 7.66. The molecule has 3 amide bonds. The van der Waals surface area contributed by atoms with Crippen molar-refractivity contribution in [2.24, 2.45) is 0 Å². The number of hydroxylamine groups is 3. The van der Waals surface area contributed by atoms with E-state index in [-0.39, 0.29) is 5.56 Å². The number of alkyl halides is 6. The molecule has 0 N–H and O–H groups in total. The van der Waals surface area contributed by atoms with Crippen molar-refractivity contribution in [3.05, 3.63) is 90.3 Å². The number of pyridine rings is 1. The van der Waals surface area contributed by atoms with E-state index < -0.39 is 73.7 Å². The first kappa shape index (κ1) is 29.7. The number of halogens is 6. The van der Waals surface area contributed by atoms with Crippen LogP contribution in [0.2, 0.25) is 0 Å². The first-order chi connectivity index (χ1) is 19.1. The van der Waals surface area contributed by atoms with Crippen LogP contribution in [0.25, 0.3) is 0 Å². The van der Waals surface area contributed by atoms with E-state index in [1.54, 1.807) is 18.2 Å². The van der Waals surface area contributed by atoms with Crippen molar-refractivity contribution in [2.45, 2.75) is 35.6 Å². The molecule has 2 heterocycles. The van der Waals surface area contributed by atoms with Gasteiger partial charge in [-0.05, 0) is 46.6 Å². The van der Waals surface area contributed by atoms with Gasteiger partial charge in [0.15, 0.2) is 6.54 Å². The number of hydrogen-bond acceptors (Lipinski definition) is 7. The summed E-state index contributed by atoms with van der Waals surface area (Å²) in [7, 11) is -5.78. The lowest BCUT2D eigenvalue weighted by atomic mass is 10.0. The zero-order chi connectivity index (χ0) is 30.2. The third-order valence-corrected chi connectivity index (χ3v) is 7.65. The zero-order valence-electron chi connectivity index (χ0n) is 20.5. The highest BCUT2D eigenvalue weighted by atomic mass is 32.2. The van der Waals surface area contributed by atoms with Crippen LogP contribution in [0.1, 0.15) is 11.1 Å². The van der Waals surface area contributed by atoms with E-state index in [4.69, 9.17) is 4.84 Å². The van der Waals surface area contributed by atoms with Gasteiger partial charge in [-0.2, -0.15) is 31.2 Å². The van der Waals surface area contributed by atoms with Crippen LogP contribution in [0, 0.1) is 0 Å². The highest BCUT2D eigenvalue weighted by molar-refractivity contribution is 7.92. The van der Waals surface area contributed by atoms with Gasteiger partial charge in [0.2, 0.25) is 6.04 Å². The van der Waals surface area contributed by atoms with Crippen molar-refractivity contribution in [3.8, 4) is 0 Å². The van der Waals surface area contributed by atoms with Gasteiger partial charge in [-0.25, -0.2) is 18.0 Å². The molecule has 1 aromatic heterocycles. The SMILES string of the molecule is O=C1C(Cc2ccccc2)[N+](Cc2ccncc2)(OC(=O)C(F)(F)F)C(=O)N1c1ccc(S(=O)(=O)C(F)(F)F)cc1. The van der Waals surface area contributed by atoms with Crippen LogP contribution in [-0.4, -0.2) is 53.7 Å². The first-order valence-corrected chi connectivity index (χ1v) is 13.0. The summed E-state index contributed by atoms with van der Waals surface area (Å²) >= 11 is 0. The van der Waals surface area contributed by atoms with Crippen LogP contribution in [0.15, 0.2) is 84.0 Å². The number of amides is 3. The highest BCUT2D eigenvalue weighted by Crippen LogP contribution is 2.39. The summed E-state index contributed by atoms with van der Waals surface area (Å²) in [5.41, 5.74) is -5.57. The van der Waals surface area contributed by atoms with Gasteiger partial charge in [-0.1, -0.05) is 30.3 Å². The minimum Gasteiger partial charge on any atom is -0.267 e. The summed E-state index contributed by atoms with van der Waals surface area (Å²) in [6.45, 7) is -0.747. The highest BCUT2D eigenvalue weighted by Gasteiger charge is 2.66. The van der Waals surface area contributed by atoms with Crippen LogP contribution >= 0.6 is 0 Å². The molecule has 1 aliphatic rings. The summed E-state index contributed by atoms with van der Waals surface area (Å²) in [5.74, 6) is -3.91. The Balaban J connectivity index is 1.86. The summed E-state index contributed by atoms with van der Waals surface area (Å²) in [6, 6.07) is 9.59. The summed E-state index contributed by atoms with van der Waals surface area (Å²) in [5, 5.41) is 0. The van der Waals surface area contributed by atoms with Crippen molar-refractivity contribution in [3.63, 3.8) is 0 Å². The lowest BCUT2D eigenvalue weighted by Crippen LogP contribution is -2.58. The molecule has 1 aliphatic heterocycles. The maximum absolute atomic E-state index is 13.9. The molecule has 0 bridgehead atoms. The molecule has 2 aromatic carbocycles. The van der Waals surface area contributed by atoms with Crippen molar-refractivity contribution >= 4 is 33.4 Å². The molecule has 3 aromatic rings. The number of rotatable bonds is 7. The van der Waals surface area contributed by atoms with E-state index in [2.05, 4.69) is 4.98 Å². The Morgan fingerprint density at radius 3 is 2.00 bits per heavy atom. The van der Waals surface area contributed by atoms with Gasteiger partial charge in [0.25, 0.3) is 9.84 Å². The Morgan fingerprint density at radius 1 is 0.878 bits per heavy atom. The number of quaternary nitrogens is 1. The molecule has 0 aliphatic carbocycles. The van der Waals surface area contributed by atoms with E-state index in [0.717, 1.165) is 0 Å². The van der Waals surface area contributed by atoms with Crippen molar-refractivity contribution < 1.29 is 58.6 Å². The van der Waals surface area contributed by atoms with Crippen LogP contribution < -0.4 is 4.90 Å². The Bertz CT molecular complexity index is 1570. The quantitative estimate of drug-likeness (QED) is 0.223. The molecule has 4 rings (SSSR count). The fraction of sp³-hybridized carbons (Fsp3) is 0.200. The van der Waals surface area contributed by atoms with Gasteiger partial charge < -0.3 is 0 Å². The number of anilines is 1. The average Bonchev–Trinajstić information content (AvgIpc) is 3.09. The first-order valence-electron chi connectivity index (χ1n) is 11.5. The minimum absolute atomic E-state index is 0.155. The second-order valence-electron chi connectivity index (χ2n) is 8.79. The predicted octanol–water partition coefficient (Wildman–Crippen LogP) is 4.49. The van der Waals surface area contributed by atoms with Crippen LogP contribution in [0.5, 0.6) is 0 Å². The molecule has 41 heavy (non-hydrogen) atoms. The molecule has 9 nitrogen and oxygen atoms in total. The number of nitrogens with zero attached hydrogens (tertiary/aromatic N) is 3. The lowest BCUT2D eigenvalue weighted by molar-refractivity contribution is -1.04. The molecule has 2 unspecified atom stereocenters. The molecule has 1 saturated heterocycles. The topological polar surface area (TPSA) is 111 Å². The Morgan fingerprint density at radius 2 is 1.46 bits per heavy atom. The average molecular weight is 602 g/mol. The molecular weight excluding hydrogens is 584 g/mol. The summed E-state index contributed by atoms with van der Waals surface area (Å²) in [4.78, 5) is 47.4. The van der Waals surface area contributed by atoms with Gasteiger partial charge in [-0.15, -0.1) is 0 Å². The lowest BCUT2D eigenvalue weighted by Gasteiger charge is -2.31. The van der Waals surface area contributed by atoms with Crippen LogP contribution in [0.3, 0.4) is 0 Å². The van der Waals surface area contributed by atoms with E-state index in [9.17, 15) is 49.1 Å². The third kappa shape index (κ3) is 5.65. The largest absolute Gasteiger partial charge is 0.501 e. The standard InChI is InChI=1S/C25H18F6N3O6S/c26-24(27,28)22(36)40-34(15-17-10-12-32-13-11-17)20(14-16-4-2-1-3-5-16)21(35)33(23(34)37)18-6-8-19(9-7-18)41(38,39)25(29,30)31/h1-13,20H,14-15H2/q+1. The number of hydrogen-bond donors (Lipinski definition) is 0. The van der Waals surface area contributed by atoms with Gasteiger partial charge in [0, 0.05) is 24.4 Å². The molecular formula is C25H18F6N3O6S+. The fourth-order valence-electron chi connectivity index (χ4n) is 4.21. The summed E-state index contributed by atoms with van der Waals surface area (Å²) < 4.78 is 101. The number of benzene rings is 2. The molecule has 16 heteroatoms. The number of sulfone groups is 1. The van der Waals surface area contributed by atoms with Crippen molar-refractivity contribution in [2.75, 3.05) is 4.90 Å². The third-order valence-electron chi connectivity index (χ3n) is 6.15. The number of imide groups is 1.